The van der Waals surface area contributed by atoms with Crippen molar-refractivity contribution in [3.8, 4) is 5.75 Å². The van der Waals surface area contributed by atoms with E-state index < -0.39 is 12.2 Å². The molecule has 15 heavy (non-hydrogen) atoms. The van der Waals surface area contributed by atoms with Gasteiger partial charge in [0.15, 0.2) is 0 Å². The Kier molecular flexibility index (Phi) is 5.05. The molecule has 0 aliphatic rings. The summed E-state index contributed by atoms with van der Waals surface area (Å²) in [5, 5.41) is 19.7. The van der Waals surface area contributed by atoms with E-state index in [2.05, 4.69) is 31.9 Å². The van der Waals surface area contributed by atoms with Crippen LogP contribution in [0.2, 0.25) is 0 Å². The summed E-state index contributed by atoms with van der Waals surface area (Å²) in [5.41, 5.74) is 0.568. The Hall–Kier alpha value is -0.100. The average Bonchev–Trinajstić information content (AvgIpc) is 2.27. The van der Waals surface area contributed by atoms with Gasteiger partial charge in [-0.1, -0.05) is 31.9 Å². The summed E-state index contributed by atoms with van der Waals surface area (Å²) in [4.78, 5) is 0. The van der Waals surface area contributed by atoms with Crippen LogP contribution < -0.4 is 4.74 Å². The molecule has 0 radical (unpaired) electrons. The minimum atomic E-state index is -0.961. The number of rotatable bonds is 4. The zero-order valence-electron chi connectivity index (χ0n) is 8.15. The largest absolute Gasteiger partial charge is 0.496 e. The Bertz CT molecular complexity index is 330. The van der Waals surface area contributed by atoms with Gasteiger partial charge in [-0.25, -0.2) is 0 Å². The van der Waals surface area contributed by atoms with Crippen molar-refractivity contribution in [2.75, 3.05) is 12.4 Å². The molecule has 3 nitrogen and oxygen atoms in total. The predicted molar refractivity (Wildman–Crippen MR) is 65.5 cm³/mol. The number of halogens is 2. The van der Waals surface area contributed by atoms with Crippen molar-refractivity contribution in [3.63, 3.8) is 0 Å². The summed E-state index contributed by atoms with van der Waals surface area (Å²) in [7, 11) is 1.53. The number of alkyl halides is 1. The quantitative estimate of drug-likeness (QED) is 0.827. The number of ether oxygens (including phenoxy) is 1. The molecule has 0 heterocycles. The molecule has 2 N–H and O–H groups in total. The number of benzene rings is 1. The van der Waals surface area contributed by atoms with Gasteiger partial charge in [0.25, 0.3) is 0 Å². The molecule has 0 amide bonds. The lowest BCUT2D eigenvalue weighted by atomic mass is 10.0. The van der Waals surface area contributed by atoms with Gasteiger partial charge < -0.3 is 14.9 Å². The first-order chi connectivity index (χ1) is 7.10. The van der Waals surface area contributed by atoms with Crippen LogP contribution in [-0.2, 0) is 0 Å². The second-order valence-electron chi connectivity index (χ2n) is 3.05. The third kappa shape index (κ3) is 3.17. The topological polar surface area (TPSA) is 49.7 Å². The molecule has 0 aliphatic heterocycles. The van der Waals surface area contributed by atoms with Crippen LogP contribution in [0.25, 0.3) is 0 Å². The monoisotopic (exact) mass is 338 g/mol. The van der Waals surface area contributed by atoms with Crippen LogP contribution in [0.1, 0.15) is 11.7 Å². The van der Waals surface area contributed by atoms with E-state index in [0.717, 1.165) is 4.47 Å². The normalized spacial score (nSPS) is 14.7. The molecule has 0 saturated carbocycles. The van der Waals surface area contributed by atoms with E-state index in [1.54, 1.807) is 12.1 Å². The van der Waals surface area contributed by atoms with Crippen LogP contribution in [-0.4, -0.2) is 28.8 Å². The molecule has 0 saturated heterocycles. The molecule has 2 unspecified atom stereocenters. The van der Waals surface area contributed by atoms with Gasteiger partial charge in [-0.3, -0.25) is 0 Å². The summed E-state index contributed by atoms with van der Waals surface area (Å²) in [5.74, 6) is 0.561. The fraction of sp³-hybridized carbons (Fsp3) is 0.400. The summed E-state index contributed by atoms with van der Waals surface area (Å²) < 4.78 is 5.94. The molecular formula is C10H12Br2O3. The molecule has 5 heteroatoms. The van der Waals surface area contributed by atoms with E-state index in [4.69, 9.17) is 4.74 Å². The molecule has 0 fully saturated rings. The Morgan fingerprint density at radius 3 is 2.60 bits per heavy atom. The number of aliphatic hydroxyl groups excluding tert-OH is 2. The molecular weight excluding hydrogens is 328 g/mol. The van der Waals surface area contributed by atoms with Crippen molar-refractivity contribution in [2.24, 2.45) is 0 Å². The Balaban J connectivity index is 3.05. The molecule has 0 bridgehead atoms. The molecule has 2 atom stereocenters. The van der Waals surface area contributed by atoms with Crippen LogP contribution >= 0.6 is 31.9 Å². The van der Waals surface area contributed by atoms with E-state index in [0.29, 0.717) is 16.6 Å². The third-order valence-corrected chi connectivity index (χ3v) is 3.19. The highest BCUT2D eigenvalue weighted by atomic mass is 79.9. The lowest BCUT2D eigenvalue weighted by molar-refractivity contribution is 0.0327. The Labute approximate surface area is 105 Å². The van der Waals surface area contributed by atoms with E-state index >= 15 is 0 Å². The van der Waals surface area contributed by atoms with Crippen LogP contribution in [0, 0.1) is 0 Å². The molecule has 1 aromatic rings. The second kappa shape index (κ2) is 5.84. The fourth-order valence-electron chi connectivity index (χ4n) is 1.23. The summed E-state index contributed by atoms with van der Waals surface area (Å²) >= 11 is 6.42. The van der Waals surface area contributed by atoms with Crippen LogP contribution in [0.4, 0.5) is 0 Å². The molecule has 0 spiro atoms. The van der Waals surface area contributed by atoms with Gasteiger partial charge >= 0.3 is 0 Å². The molecule has 1 rings (SSSR count). The number of hydrogen-bond donors (Lipinski definition) is 2. The van der Waals surface area contributed by atoms with Crippen molar-refractivity contribution >= 4 is 31.9 Å². The van der Waals surface area contributed by atoms with Gasteiger partial charge in [0.1, 0.15) is 11.9 Å². The number of hydrogen-bond acceptors (Lipinski definition) is 3. The molecule has 0 aromatic heterocycles. The van der Waals surface area contributed by atoms with Crippen molar-refractivity contribution < 1.29 is 14.9 Å². The zero-order chi connectivity index (χ0) is 11.4. The standard InChI is InChI=1S/C10H12Br2O3/c1-15-9-3-2-6(12)4-7(9)10(14)8(13)5-11/h2-4,8,10,13-14H,5H2,1H3. The first kappa shape index (κ1) is 13.0. The maximum atomic E-state index is 9.84. The second-order valence-corrected chi connectivity index (χ2v) is 4.62. The maximum Gasteiger partial charge on any atom is 0.124 e. The summed E-state index contributed by atoms with van der Waals surface area (Å²) in [6.07, 6.45) is -1.81. The SMILES string of the molecule is COc1ccc(Br)cc1C(O)C(O)CBr. The minimum Gasteiger partial charge on any atom is -0.496 e. The van der Waals surface area contributed by atoms with Crippen LogP contribution in [0.5, 0.6) is 5.75 Å². The number of methoxy groups -OCH3 is 1. The maximum absolute atomic E-state index is 9.84. The van der Waals surface area contributed by atoms with Crippen molar-refractivity contribution in [3.05, 3.63) is 28.2 Å². The highest BCUT2D eigenvalue weighted by Crippen LogP contribution is 2.30. The first-order valence-corrected chi connectivity index (χ1v) is 6.27. The van der Waals surface area contributed by atoms with Crippen molar-refractivity contribution in [1.29, 1.82) is 0 Å². The molecule has 84 valence electrons. The predicted octanol–water partition coefficient (Wildman–Crippen LogP) is 2.25. The zero-order valence-corrected chi connectivity index (χ0v) is 11.3. The molecule has 0 aliphatic carbocycles. The third-order valence-electron chi connectivity index (χ3n) is 2.03. The van der Waals surface area contributed by atoms with Gasteiger partial charge in [-0.15, -0.1) is 0 Å². The van der Waals surface area contributed by atoms with Crippen molar-refractivity contribution in [1.82, 2.24) is 0 Å². The van der Waals surface area contributed by atoms with Gasteiger partial charge in [0, 0.05) is 15.4 Å². The van der Waals surface area contributed by atoms with Gasteiger partial charge in [-0.05, 0) is 18.2 Å². The smallest absolute Gasteiger partial charge is 0.124 e. The average molecular weight is 340 g/mol. The number of aliphatic hydroxyl groups is 2. The fourth-order valence-corrected chi connectivity index (χ4v) is 1.96. The van der Waals surface area contributed by atoms with Gasteiger partial charge in [0.05, 0.1) is 13.2 Å². The van der Waals surface area contributed by atoms with E-state index in [1.165, 1.54) is 7.11 Å². The van der Waals surface area contributed by atoms with Crippen LogP contribution in [0.15, 0.2) is 22.7 Å². The first-order valence-electron chi connectivity index (χ1n) is 4.35. The Morgan fingerprint density at radius 2 is 2.07 bits per heavy atom. The highest BCUT2D eigenvalue weighted by Gasteiger charge is 2.20. The van der Waals surface area contributed by atoms with Gasteiger partial charge in [-0.2, -0.15) is 0 Å². The highest BCUT2D eigenvalue weighted by molar-refractivity contribution is 9.10. The minimum absolute atomic E-state index is 0.309. The van der Waals surface area contributed by atoms with Crippen LogP contribution in [0.3, 0.4) is 0 Å². The lowest BCUT2D eigenvalue weighted by Crippen LogP contribution is -2.20. The summed E-state index contributed by atoms with van der Waals surface area (Å²) in [6, 6.07) is 5.29. The lowest BCUT2D eigenvalue weighted by Gasteiger charge is -2.18. The van der Waals surface area contributed by atoms with E-state index in [9.17, 15) is 10.2 Å². The van der Waals surface area contributed by atoms with Crippen molar-refractivity contribution in [2.45, 2.75) is 12.2 Å². The van der Waals surface area contributed by atoms with E-state index in [1.807, 2.05) is 6.07 Å². The molecule has 1 aromatic carbocycles. The van der Waals surface area contributed by atoms with E-state index in [-0.39, 0.29) is 0 Å². The summed E-state index contributed by atoms with van der Waals surface area (Å²) in [6.45, 7) is 0. The van der Waals surface area contributed by atoms with Gasteiger partial charge in [0.2, 0.25) is 0 Å². The Morgan fingerprint density at radius 1 is 1.40 bits per heavy atom.